The highest BCUT2D eigenvalue weighted by molar-refractivity contribution is 7.92. The third-order valence-corrected chi connectivity index (χ3v) is 6.71. The molecule has 0 spiro atoms. The number of nitrogens with one attached hydrogen (secondary N) is 1. The van der Waals surface area contributed by atoms with Gasteiger partial charge in [-0.2, -0.15) is 0 Å². The number of carbonyl (C=O) groups is 1. The standard InChI is InChI=1S/C26H25FN4O3S/c1-19-28-15-16-30(19)25-6-4-3-5-22(25)17-29-26(32)21-9-13-24(14-10-21)31(35(2,33)34)18-20-7-11-23(27)12-8-20/h3-16H,17-18H2,1-2H3,(H,29,32). The van der Waals surface area contributed by atoms with Crippen molar-refractivity contribution >= 4 is 21.6 Å². The molecule has 1 heterocycles. The summed E-state index contributed by atoms with van der Waals surface area (Å²) < 4.78 is 41.2. The van der Waals surface area contributed by atoms with Crippen LogP contribution < -0.4 is 9.62 Å². The van der Waals surface area contributed by atoms with E-state index in [4.69, 9.17) is 0 Å². The van der Waals surface area contributed by atoms with Crippen molar-refractivity contribution in [2.75, 3.05) is 10.6 Å². The van der Waals surface area contributed by atoms with Crippen LogP contribution in [0.2, 0.25) is 0 Å². The highest BCUT2D eigenvalue weighted by atomic mass is 32.2. The quantitative estimate of drug-likeness (QED) is 0.399. The molecule has 0 aliphatic heterocycles. The van der Waals surface area contributed by atoms with Crippen LogP contribution >= 0.6 is 0 Å². The van der Waals surface area contributed by atoms with Gasteiger partial charge in [-0.25, -0.2) is 17.8 Å². The number of sulfonamides is 1. The lowest BCUT2D eigenvalue weighted by molar-refractivity contribution is 0.0951. The van der Waals surface area contributed by atoms with Crippen LogP contribution in [0, 0.1) is 12.7 Å². The SMILES string of the molecule is Cc1nccn1-c1ccccc1CNC(=O)c1ccc(N(Cc2ccc(F)cc2)S(C)(=O)=O)cc1. The van der Waals surface area contributed by atoms with Gasteiger partial charge >= 0.3 is 0 Å². The summed E-state index contributed by atoms with van der Waals surface area (Å²) in [7, 11) is -3.60. The Morgan fingerprint density at radius 2 is 1.71 bits per heavy atom. The van der Waals surface area contributed by atoms with E-state index < -0.39 is 15.8 Å². The van der Waals surface area contributed by atoms with E-state index in [0.29, 0.717) is 23.4 Å². The second kappa shape index (κ2) is 10.1. The molecule has 0 unspecified atom stereocenters. The van der Waals surface area contributed by atoms with Crippen LogP contribution in [0.3, 0.4) is 0 Å². The number of para-hydroxylation sites is 1. The van der Waals surface area contributed by atoms with E-state index in [1.807, 2.05) is 42.0 Å². The normalized spacial score (nSPS) is 11.3. The van der Waals surface area contributed by atoms with Crippen molar-refractivity contribution in [2.24, 2.45) is 0 Å². The zero-order valence-electron chi connectivity index (χ0n) is 19.3. The molecule has 0 saturated carbocycles. The predicted octanol–water partition coefficient (Wildman–Crippen LogP) is 4.22. The molecule has 0 bridgehead atoms. The molecule has 0 atom stereocenters. The van der Waals surface area contributed by atoms with E-state index in [2.05, 4.69) is 10.3 Å². The first-order valence-corrected chi connectivity index (χ1v) is 12.8. The summed E-state index contributed by atoms with van der Waals surface area (Å²) in [5, 5.41) is 2.92. The Morgan fingerprint density at radius 1 is 1.03 bits per heavy atom. The summed E-state index contributed by atoms with van der Waals surface area (Å²) >= 11 is 0. The largest absolute Gasteiger partial charge is 0.348 e. The van der Waals surface area contributed by atoms with E-state index in [1.165, 1.54) is 16.4 Å². The Kier molecular flexibility index (Phi) is 6.97. The van der Waals surface area contributed by atoms with Gasteiger partial charge in [0.25, 0.3) is 5.91 Å². The number of nitrogens with zero attached hydrogens (tertiary/aromatic N) is 3. The van der Waals surface area contributed by atoms with Crippen molar-refractivity contribution < 1.29 is 17.6 Å². The number of imidazole rings is 1. The topological polar surface area (TPSA) is 84.3 Å². The van der Waals surface area contributed by atoms with Crippen LogP contribution in [-0.4, -0.2) is 30.1 Å². The van der Waals surface area contributed by atoms with Crippen LogP contribution in [0.4, 0.5) is 10.1 Å². The molecule has 0 fully saturated rings. The molecule has 1 N–H and O–H groups in total. The molecule has 3 aromatic carbocycles. The number of hydrogen-bond donors (Lipinski definition) is 1. The average Bonchev–Trinajstić information content (AvgIpc) is 3.27. The number of aromatic nitrogens is 2. The van der Waals surface area contributed by atoms with Gasteiger partial charge in [0.2, 0.25) is 10.0 Å². The van der Waals surface area contributed by atoms with Crippen molar-refractivity contribution in [3.63, 3.8) is 0 Å². The third kappa shape index (κ3) is 5.75. The van der Waals surface area contributed by atoms with Gasteiger partial charge in [0.05, 0.1) is 24.2 Å². The average molecular weight is 493 g/mol. The van der Waals surface area contributed by atoms with Crippen LogP contribution in [0.15, 0.2) is 85.2 Å². The molecule has 35 heavy (non-hydrogen) atoms. The number of aryl methyl sites for hydroxylation is 1. The van der Waals surface area contributed by atoms with Gasteiger partial charge in [0.1, 0.15) is 11.6 Å². The summed E-state index contributed by atoms with van der Waals surface area (Å²) in [5.74, 6) is 0.173. The van der Waals surface area contributed by atoms with E-state index >= 15 is 0 Å². The summed E-state index contributed by atoms with van der Waals surface area (Å²) in [4.78, 5) is 17.0. The fourth-order valence-corrected chi connectivity index (χ4v) is 4.63. The van der Waals surface area contributed by atoms with Gasteiger partial charge in [0, 0.05) is 24.5 Å². The molecule has 7 nitrogen and oxygen atoms in total. The molecule has 0 aliphatic carbocycles. The van der Waals surface area contributed by atoms with Crippen molar-refractivity contribution in [1.82, 2.24) is 14.9 Å². The zero-order chi connectivity index (χ0) is 25.0. The minimum absolute atomic E-state index is 0.0507. The lowest BCUT2D eigenvalue weighted by Crippen LogP contribution is -2.29. The number of benzene rings is 3. The molecule has 180 valence electrons. The number of rotatable bonds is 8. The van der Waals surface area contributed by atoms with Gasteiger partial charge in [-0.3, -0.25) is 9.10 Å². The molecule has 0 radical (unpaired) electrons. The van der Waals surface area contributed by atoms with Gasteiger partial charge < -0.3 is 9.88 Å². The summed E-state index contributed by atoms with van der Waals surface area (Å²) in [6.07, 6.45) is 4.70. The first-order chi connectivity index (χ1) is 16.7. The van der Waals surface area contributed by atoms with Crippen molar-refractivity contribution in [2.45, 2.75) is 20.0 Å². The molecule has 9 heteroatoms. The Morgan fingerprint density at radius 3 is 2.34 bits per heavy atom. The van der Waals surface area contributed by atoms with E-state index in [1.54, 1.807) is 42.6 Å². The minimum atomic E-state index is -3.60. The first-order valence-electron chi connectivity index (χ1n) is 10.9. The van der Waals surface area contributed by atoms with Gasteiger partial charge in [0.15, 0.2) is 0 Å². The molecule has 4 aromatic rings. The van der Waals surface area contributed by atoms with Crippen LogP contribution in [0.25, 0.3) is 5.69 Å². The lowest BCUT2D eigenvalue weighted by atomic mass is 10.1. The molecule has 0 aliphatic rings. The zero-order valence-corrected chi connectivity index (χ0v) is 20.2. The number of hydrogen-bond acceptors (Lipinski definition) is 4. The maximum atomic E-state index is 13.2. The molecule has 1 aromatic heterocycles. The van der Waals surface area contributed by atoms with E-state index in [0.717, 1.165) is 23.3 Å². The smallest absolute Gasteiger partial charge is 0.251 e. The Labute approximate surface area is 203 Å². The second-order valence-corrected chi connectivity index (χ2v) is 10.0. The number of anilines is 1. The van der Waals surface area contributed by atoms with Crippen molar-refractivity contribution in [3.05, 3.63) is 114 Å². The number of carbonyl (C=O) groups excluding carboxylic acids is 1. The Balaban J connectivity index is 1.48. The maximum absolute atomic E-state index is 13.2. The number of halogens is 1. The Hall–Kier alpha value is -3.98. The molecular weight excluding hydrogens is 467 g/mol. The van der Waals surface area contributed by atoms with Crippen LogP contribution in [-0.2, 0) is 23.1 Å². The summed E-state index contributed by atoms with van der Waals surface area (Å²) in [6, 6.07) is 19.7. The fourth-order valence-electron chi connectivity index (χ4n) is 3.74. The van der Waals surface area contributed by atoms with Gasteiger partial charge in [-0.05, 0) is 60.5 Å². The molecule has 0 saturated heterocycles. The maximum Gasteiger partial charge on any atom is 0.251 e. The highest BCUT2D eigenvalue weighted by Gasteiger charge is 2.19. The van der Waals surface area contributed by atoms with Crippen LogP contribution in [0.5, 0.6) is 0 Å². The third-order valence-electron chi connectivity index (χ3n) is 5.57. The second-order valence-electron chi connectivity index (χ2n) is 8.10. The van der Waals surface area contributed by atoms with Gasteiger partial charge in [-0.1, -0.05) is 30.3 Å². The first kappa shape index (κ1) is 24.2. The molecule has 4 rings (SSSR count). The predicted molar refractivity (Wildman–Crippen MR) is 133 cm³/mol. The lowest BCUT2D eigenvalue weighted by Gasteiger charge is -2.22. The van der Waals surface area contributed by atoms with Crippen molar-refractivity contribution in [1.29, 1.82) is 0 Å². The molecular formula is C26H25FN4O3S. The molecule has 1 amide bonds. The van der Waals surface area contributed by atoms with E-state index in [9.17, 15) is 17.6 Å². The minimum Gasteiger partial charge on any atom is -0.348 e. The monoisotopic (exact) mass is 492 g/mol. The summed E-state index contributed by atoms with van der Waals surface area (Å²) in [6.45, 7) is 2.27. The Bertz CT molecular complexity index is 1430. The van der Waals surface area contributed by atoms with Crippen molar-refractivity contribution in [3.8, 4) is 5.69 Å². The van der Waals surface area contributed by atoms with Gasteiger partial charge in [-0.15, -0.1) is 0 Å². The van der Waals surface area contributed by atoms with E-state index in [-0.39, 0.29) is 12.5 Å². The number of amides is 1. The highest BCUT2D eigenvalue weighted by Crippen LogP contribution is 2.22. The fraction of sp³-hybridized carbons (Fsp3) is 0.154. The summed E-state index contributed by atoms with van der Waals surface area (Å²) in [5.41, 5.74) is 3.32. The van der Waals surface area contributed by atoms with Crippen LogP contribution in [0.1, 0.15) is 27.3 Å².